The van der Waals surface area contributed by atoms with Crippen LogP contribution in [0.2, 0.25) is 0 Å². The van der Waals surface area contributed by atoms with Crippen molar-refractivity contribution in [1.29, 1.82) is 0 Å². The number of hydrogen-bond acceptors (Lipinski definition) is 2. The minimum atomic E-state index is 0.131. The molecular formula is C17H18O2. The Morgan fingerprint density at radius 1 is 0.842 bits per heavy atom. The van der Waals surface area contributed by atoms with Gasteiger partial charge in [0.25, 0.3) is 0 Å². The van der Waals surface area contributed by atoms with Gasteiger partial charge in [0.15, 0.2) is 0 Å². The van der Waals surface area contributed by atoms with Gasteiger partial charge >= 0.3 is 0 Å². The molecule has 0 amide bonds. The summed E-state index contributed by atoms with van der Waals surface area (Å²) in [6.45, 7) is 5.68. The van der Waals surface area contributed by atoms with Gasteiger partial charge < -0.3 is 10.2 Å². The Balaban J connectivity index is 2.44. The van der Waals surface area contributed by atoms with Crippen molar-refractivity contribution in [2.45, 2.75) is 20.8 Å². The van der Waals surface area contributed by atoms with Gasteiger partial charge in [-0.2, -0.15) is 0 Å². The molecule has 0 aliphatic rings. The highest BCUT2D eigenvalue weighted by molar-refractivity contribution is 5.77. The number of aromatic hydroxyl groups is 2. The van der Waals surface area contributed by atoms with Crippen molar-refractivity contribution in [2.24, 2.45) is 0 Å². The Hall–Kier alpha value is -2.22. The van der Waals surface area contributed by atoms with E-state index in [1.807, 2.05) is 51.1 Å². The third-order valence-corrected chi connectivity index (χ3v) is 3.17. The molecule has 0 spiro atoms. The van der Waals surface area contributed by atoms with E-state index in [1.165, 1.54) is 5.56 Å². The molecule has 0 aliphatic heterocycles. The molecule has 2 N–H and O–H groups in total. The predicted octanol–water partition coefficient (Wildman–Crippen LogP) is 4.19. The van der Waals surface area contributed by atoms with Crippen LogP contribution < -0.4 is 0 Å². The third-order valence-electron chi connectivity index (χ3n) is 3.17. The number of rotatable bonds is 2. The SMILES string of the molecule is Cc1cccc(C=Cc2c(O)c(C)cc(C)c2O)c1. The van der Waals surface area contributed by atoms with Crippen molar-refractivity contribution in [3.05, 3.63) is 58.1 Å². The molecular weight excluding hydrogens is 236 g/mol. The summed E-state index contributed by atoms with van der Waals surface area (Å²) in [5.41, 5.74) is 4.21. The molecule has 0 heterocycles. The maximum absolute atomic E-state index is 10.0. The monoisotopic (exact) mass is 254 g/mol. The zero-order valence-corrected chi connectivity index (χ0v) is 11.4. The van der Waals surface area contributed by atoms with E-state index in [1.54, 1.807) is 12.1 Å². The molecule has 0 aromatic heterocycles. The van der Waals surface area contributed by atoms with E-state index >= 15 is 0 Å². The summed E-state index contributed by atoms with van der Waals surface area (Å²) in [5, 5.41) is 20.0. The molecule has 0 saturated heterocycles. The highest BCUT2D eigenvalue weighted by Gasteiger charge is 2.10. The highest BCUT2D eigenvalue weighted by atomic mass is 16.3. The summed E-state index contributed by atoms with van der Waals surface area (Å²) in [6.07, 6.45) is 3.64. The summed E-state index contributed by atoms with van der Waals surface area (Å²) in [7, 11) is 0. The second-order valence-electron chi connectivity index (χ2n) is 4.87. The fourth-order valence-corrected chi connectivity index (χ4v) is 2.11. The first kappa shape index (κ1) is 13.2. The molecule has 0 fully saturated rings. The van der Waals surface area contributed by atoms with Crippen molar-refractivity contribution >= 4 is 12.2 Å². The van der Waals surface area contributed by atoms with Crippen molar-refractivity contribution in [3.63, 3.8) is 0 Å². The summed E-state index contributed by atoms with van der Waals surface area (Å²) >= 11 is 0. The molecule has 0 saturated carbocycles. The first-order chi connectivity index (χ1) is 8.99. The number of phenolic OH excluding ortho intramolecular Hbond substituents is 2. The normalized spacial score (nSPS) is 11.1. The van der Waals surface area contributed by atoms with Crippen LogP contribution in [0.4, 0.5) is 0 Å². The van der Waals surface area contributed by atoms with Gasteiger partial charge in [-0.05, 0) is 49.6 Å². The lowest BCUT2D eigenvalue weighted by Crippen LogP contribution is -1.86. The number of hydrogen-bond donors (Lipinski definition) is 2. The fraction of sp³-hybridized carbons (Fsp3) is 0.176. The Labute approximate surface area is 113 Å². The minimum Gasteiger partial charge on any atom is -0.507 e. The molecule has 0 radical (unpaired) electrons. The topological polar surface area (TPSA) is 40.5 Å². The van der Waals surface area contributed by atoms with E-state index in [0.717, 1.165) is 16.7 Å². The first-order valence-electron chi connectivity index (χ1n) is 6.26. The smallest absolute Gasteiger partial charge is 0.129 e. The molecule has 0 aliphatic carbocycles. The van der Waals surface area contributed by atoms with Crippen LogP contribution >= 0.6 is 0 Å². The second-order valence-corrected chi connectivity index (χ2v) is 4.87. The Morgan fingerprint density at radius 3 is 2.05 bits per heavy atom. The van der Waals surface area contributed by atoms with Gasteiger partial charge in [-0.1, -0.05) is 35.9 Å². The van der Waals surface area contributed by atoms with E-state index in [-0.39, 0.29) is 11.5 Å². The quantitative estimate of drug-likeness (QED) is 0.789. The van der Waals surface area contributed by atoms with E-state index < -0.39 is 0 Å². The molecule has 2 nitrogen and oxygen atoms in total. The zero-order valence-electron chi connectivity index (χ0n) is 11.4. The van der Waals surface area contributed by atoms with Gasteiger partial charge in [0.2, 0.25) is 0 Å². The van der Waals surface area contributed by atoms with Crippen LogP contribution in [0.3, 0.4) is 0 Å². The lowest BCUT2D eigenvalue weighted by molar-refractivity contribution is 0.443. The lowest BCUT2D eigenvalue weighted by Gasteiger charge is -2.09. The lowest BCUT2D eigenvalue weighted by atomic mass is 10.0. The summed E-state index contributed by atoms with van der Waals surface area (Å²) in [4.78, 5) is 0. The van der Waals surface area contributed by atoms with Gasteiger partial charge in [0.1, 0.15) is 11.5 Å². The third kappa shape index (κ3) is 2.79. The fourth-order valence-electron chi connectivity index (χ4n) is 2.11. The average Bonchev–Trinajstić information content (AvgIpc) is 2.36. The van der Waals surface area contributed by atoms with Gasteiger partial charge in [-0.25, -0.2) is 0 Å². The van der Waals surface area contributed by atoms with Crippen LogP contribution in [0, 0.1) is 20.8 Å². The molecule has 2 aromatic rings. The minimum absolute atomic E-state index is 0.131. The van der Waals surface area contributed by atoms with Crippen LogP contribution in [0.15, 0.2) is 30.3 Å². The maximum atomic E-state index is 10.0. The first-order valence-corrected chi connectivity index (χ1v) is 6.26. The van der Waals surface area contributed by atoms with Crippen LogP contribution in [-0.4, -0.2) is 10.2 Å². The van der Waals surface area contributed by atoms with Gasteiger partial charge in [0, 0.05) is 0 Å². The number of aryl methyl sites for hydroxylation is 3. The standard InChI is InChI=1S/C17H18O2/c1-11-5-4-6-14(9-11)7-8-15-16(18)12(2)10-13(3)17(15)19/h4-10,18-19H,1-3H3. The van der Waals surface area contributed by atoms with Gasteiger partial charge in [-0.3, -0.25) is 0 Å². The van der Waals surface area contributed by atoms with E-state index in [4.69, 9.17) is 0 Å². The Morgan fingerprint density at radius 2 is 1.47 bits per heavy atom. The molecule has 98 valence electrons. The largest absolute Gasteiger partial charge is 0.507 e. The van der Waals surface area contributed by atoms with Crippen molar-refractivity contribution in [3.8, 4) is 11.5 Å². The van der Waals surface area contributed by atoms with Crippen molar-refractivity contribution < 1.29 is 10.2 Å². The number of benzene rings is 2. The van der Waals surface area contributed by atoms with Crippen molar-refractivity contribution in [2.75, 3.05) is 0 Å². The Kier molecular flexibility index (Phi) is 3.61. The Bertz CT molecular complexity index is 614. The average molecular weight is 254 g/mol. The summed E-state index contributed by atoms with van der Waals surface area (Å²) in [6, 6.07) is 9.82. The van der Waals surface area contributed by atoms with E-state index in [9.17, 15) is 10.2 Å². The predicted molar refractivity (Wildman–Crippen MR) is 79.4 cm³/mol. The summed E-state index contributed by atoms with van der Waals surface area (Å²) in [5.74, 6) is 0.263. The summed E-state index contributed by atoms with van der Waals surface area (Å²) < 4.78 is 0. The molecule has 2 aromatic carbocycles. The van der Waals surface area contributed by atoms with E-state index in [2.05, 4.69) is 0 Å². The molecule has 2 rings (SSSR count). The molecule has 2 heteroatoms. The second kappa shape index (κ2) is 5.19. The van der Waals surface area contributed by atoms with Crippen LogP contribution in [-0.2, 0) is 0 Å². The van der Waals surface area contributed by atoms with E-state index in [0.29, 0.717) is 5.56 Å². The van der Waals surface area contributed by atoms with Gasteiger partial charge in [-0.15, -0.1) is 0 Å². The highest BCUT2D eigenvalue weighted by Crippen LogP contribution is 2.34. The molecule has 0 bridgehead atoms. The maximum Gasteiger partial charge on any atom is 0.129 e. The van der Waals surface area contributed by atoms with Crippen LogP contribution in [0.5, 0.6) is 11.5 Å². The molecule has 0 atom stereocenters. The van der Waals surface area contributed by atoms with Crippen molar-refractivity contribution in [1.82, 2.24) is 0 Å². The molecule has 0 unspecified atom stereocenters. The van der Waals surface area contributed by atoms with Gasteiger partial charge in [0.05, 0.1) is 5.56 Å². The molecule has 19 heavy (non-hydrogen) atoms. The zero-order chi connectivity index (χ0) is 14.0. The van der Waals surface area contributed by atoms with Crippen LogP contribution in [0.25, 0.3) is 12.2 Å². The number of phenols is 2. The van der Waals surface area contributed by atoms with Crippen LogP contribution in [0.1, 0.15) is 27.8 Å².